The highest BCUT2D eigenvalue weighted by molar-refractivity contribution is 6.41. The van der Waals surface area contributed by atoms with Crippen LogP contribution in [0, 0.1) is 11.3 Å². The number of hydrogen-bond donors (Lipinski definition) is 0. The number of pyridine rings is 1. The molecule has 0 amide bonds. The summed E-state index contributed by atoms with van der Waals surface area (Å²) in [5.41, 5.74) is 2.02. The first kappa shape index (κ1) is 14.9. The van der Waals surface area contributed by atoms with Crippen molar-refractivity contribution in [3.8, 4) is 23.1 Å². The molecule has 1 aromatic carbocycles. The molecule has 0 aliphatic rings. The standard InChI is InChI=1S/C14H9Cl3N2O/c1-20-14-8(2-3-18)4-9(7-19-14)13-11(16)5-10(15)6-12(13)17/h4-7H,2H2,1H3. The van der Waals surface area contributed by atoms with Crippen LogP contribution in [0.2, 0.25) is 15.1 Å². The van der Waals surface area contributed by atoms with Crippen LogP contribution in [0.4, 0.5) is 0 Å². The summed E-state index contributed by atoms with van der Waals surface area (Å²) in [4.78, 5) is 4.17. The van der Waals surface area contributed by atoms with E-state index in [1.54, 1.807) is 24.4 Å². The van der Waals surface area contributed by atoms with Crippen molar-refractivity contribution in [2.24, 2.45) is 0 Å². The molecular weight excluding hydrogens is 319 g/mol. The second-order valence-corrected chi connectivity index (χ2v) is 5.22. The molecule has 0 saturated heterocycles. The zero-order chi connectivity index (χ0) is 14.7. The Morgan fingerprint density at radius 1 is 1.20 bits per heavy atom. The second-order valence-electron chi connectivity index (χ2n) is 3.97. The average molecular weight is 328 g/mol. The van der Waals surface area contributed by atoms with Gasteiger partial charge in [-0.25, -0.2) is 4.98 Å². The van der Waals surface area contributed by atoms with E-state index in [-0.39, 0.29) is 6.42 Å². The number of nitrogens with zero attached hydrogens (tertiary/aromatic N) is 2. The molecule has 102 valence electrons. The predicted octanol–water partition coefficient (Wildman–Crippen LogP) is 4.78. The van der Waals surface area contributed by atoms with Crippen molar-refractivity contribution in [1.82, 2.24) is 4.98 Å². The summed E-state index contributed by atoms with van der Waals surface area (Å²) in [6.45, 7) is 0. The van der Waals surface area contributed by atoms with Crippen molar-refractivity contribution < 1.29 is 4.74 Å². The van der Waals surface area contributed by atoms with Crippen LogP contribution in [0.25, 0.3) is 11.1 Å². The fourth-order valence-electron chi connectivity index (χ4n) is 1.85. The molecule has 0 spiro atoms. The fraction of sp³-hybridized carbons (Fsp3) is 0.143. The van der Waals surface area contributed by atoms with E-state index in [2.05, 4.69) is 11.1 Å². The van der Waals surface area contributed by atoms with E-state index in [1.165, 1.54) is 7.11 Å². The van der Waals surface area contributed by atoms with Gasteiger partial charge in [0, 0.05) is 27.9 Å². The molecule has 6 heteroatoms. The van der Waals surface area contributed by atoms with Gasteiger partial charge in [-0.1, -0.05) is 34.8 Å². The van der Waals surface area contributed by atoms with Crippen molar-refractivity contribution in [2.45, 2.75) is 6.42 Å². The lowest BCUT2D eigenvalue weighted by atomic mass is 10.0. The fourth-order valence-corrected chi connectivity index (χ4v) is 2.88. The smallest absolute Gasteiger partial charge is 0.217 e. The van der Waals surface area contributed by atoms with Crippen LogP contribution in [-0.2, 0) is 6.42 Å². The van der Waals surface area contributed by atoms with E-state index in [0.29, 0.717) is 37.6 Å². The summed E-state index contributed by atoms with van der Waals surface area (Å²) < 4.78 is 5.12. The number of methoxy groups -OCH3 is 1. The van der Waals surface area contributed by atoms with E-state index >= 15 is 0 Å². The quantitative estimate of drug-likeness (QED) is 0.814. The van der Waals surface area contributed by atoms with Gasteiger partial charge >= 0.3 is 0 Å². The van der Waals surface area contributed by atoms with Gasteiger partial charge in [-0.05, 0) is 18.2 Å². The van der Waals surface area contributed by atoms with E-state index in [0.717, 1.165) is 0 Å². The number of halogens is 3. The van der Waals surface area contributed by atoms with E-state index in [1.807, 2.05) is 0 Å². The van der Waals surface area contributed by atoms with Gasteiger partial charge in [-0.15, -0.1) is 0 Å². The first-order chi connectivity index (χ1) is 9.56. The highest BCUT2D eigenvalue weighted by Gasteiger charge is 2.13. The first-order valence-electron chi connectivity index (χ1n) is 5.61. The molecule has 0 fully saturated rings. The Kier molecular flexibility index (Phi) is 4.72. The van der Waals surface area contributed by atoms with Gasteiger partial charge in [0.05, 0.1) is 29.6 Å². The number of nitriles is 1. The molecule has 0 bridgehead atoms. The zero-order valence-electron chi connectivity index (χ0n) is 10.5. The van der Waals surface area contributed by atoms with Crippen LogP contribution in [0.1, 0.15) is 5.56 Å². The molecule has 20 heavy (non-hydrogen) atoms. The Labute approximate surface area is 131 Å². The van der Waals surface area contributed by atoms with E-state index in [9.17, 15) is 0 Å². The van der Waals surface area contributed by atoms with Crippen molar-refractivity contribution in [1.29, 1.82) is 5.26 Å². The van der Waals surface area contributed by atoms with Gasteiger partial charge in [0.15, 0.2) is 0 Å². The third-order valence-corrected chi connectivity index (χ3v) is 3.50. The first-order valence-corrected chi connectivity index (χ1v) is 6.75. The van der Waals surface area contributed by atoms with Crippen LogP contribution in [0.15, 0.2) is 24.4 Å². The maximum Gasteiger partial charge on any atom is 0.217 e. The molecule has 0 N–H and O–H groups in total. The summed E-state index contributed by atoms with van der Waals surface area (Å²) in [6.07, 6.45) is 1.79. The molecule has 2 aromatic rings. The highest BCUT2D eigenvalue weighted by atomic mass is 35.5. The largest absolute Gasteiger partial charge is 0.481 e. The number of hydrogen-bond acceptors (Lipinski definition) is 3. The second kappa shape index (κ2) is 6.32. The van der Waals surface area contributed by atoms with Crippen molar-refractivity contribution in [2.75, 3.05) is 7.11 Å². The van der Waals surface area contributed by atoms with Crippen LogP contribution >= 0.6 is 34.8 Å². The van der Waals surface area contributed by atoms with E-state index in [4.69, 9.17) is 44.8 Å². The van der Waals surface area contributed by atoms with Gasteiger partial charge < -0.3 is 4.74 Å². The Balaban J connectivity index is 2.60. The minimum atomic E-state index is 0.187. The van der Waals surface area contributed by atoms with Gasteiger partial charge in [0.25, 0.3) is 0 Å². The van der Waals surface area contributed by atoms with Crippen LogP contribution < -0.4 is 4.74 Å². The monoisotopic (exact) mass is 326 g/mol. The summed E-state index contributed by atoms with van der Waals surface area (Å²) in [5.74, 6) is 0.413. The number of benzene rings is 1. The number of ether oxygens (including phenoxy) is 1. The van der Waals surface area contributed by atoms with Crippen LogP contribution in [-0.4, -0.2) is 12.1 Å². The maximum absolute atomic E-state index is 8.84. The normalized spacial score (nSPS) is 10.2. The Hall–Kier alpha value is -1.47. The molecule has 3 nitrogen and oxygen atoms in total. The lowest BCUT2D eigenvalue weighted by Gasteiger charge is -2.11. The van der Waals surface area contributed by atoms with E-state index < -0.39 is 0 Å². The summed E-state index contributed by atoms with van der Waals surface area (Å²) >= 11 is 18.2. The van der Waals surface area contributed by atoms with Crippen LogP contribution in [0.5, 0.6) is 5.88 Å². The molecule has 0 radical (unpaired) electrons. The number of aromatic nitrogens is 1. The third kappa shape index (κ3) is 2.99. The SMILES string of the molecule is COc1ncc(-c2c(Cl)cc(Cl)cc2Cl)cc1CC#N. The summed E-state index contributed by atoms with van der Waals surface area (Å²) in [7, 11) is 1.51. The summed E-state index contributed by atoms with van der Waals surface area (Å²) in [6, 6.07) is 7.08. The van der Waals surface area contributed by atoms with Crippen molar-refractivity contribution in [3.05, 3.63) is 45.0 Å². The molecular formula is C14H9Cl3N2O. The van der Waals surface area contributed by atoms with Gasteiger partial charge in [-0.3, -0.25) is 0 Å². The molecule has 0 atom stereocenters. The molecule has 2 rings (SSSR count). The molecule has 0 saturated carbocycles. The third-order valence-electron chi connectivity index (χ3n) is 2.68. The van der Waals surface area contributed by atoms with Gasteiger partial charge in [0.1, 0.15) is 0 Å². The molecule has 1 heterocycles. The Morgan fingerprint density at radius 3 is 2.40 bits per heavy atom. The summed E-state index contributed by atoms with van der Waals surface area (Å²) in [5, 5.41) is 10.2. The Bertz CT molecular complexity index is 672. The van der Waals surface area contributed by atoms with Gasteiger partial charge in [0.2, 0.25) is 5.88 Å². The topological polar surface area (TPSA) is 45.9 Å². The minimum Gasteiger partial charge on any atom is -0.481 e. The van der Waals surface area contributed by atoms with Crippen LogP contribution in [0.3, 0.4) is 0 Å². The molecule has 0 aliphatic heterocycles. The molecule has 0 aliphatic carbocycles. The zero-order valence-corrected chi connectivity index (χ0v) is 12.7. The van der Waals surface area contributed by atoms with Crippen molar-refractivity contribution >= 4 is 34.8 Å². The maximum atomic E-state index is 8.84. The predicted molar refractivity (Wildman–Crippen MR) is 80.6 cm³/mol. The molecule has 1 aromatic heterocycles. The highest BCUT2D eigenvalue weighted by Crippen LogP contribution is 2.38. The lowest BCUT2D eigenvalue weighted by molar-refractivity contribution is 0.394. The Morgan fingerprint density at radius 2 is 1.85 bits per heavy atom. The molecule has 0 unspecified atom stereocenters. The lowest BCUT2D eigenvalue weighted by Crippen LogP contribution is -1.96. The number of rotatable bonds is 3. The van der Waals surface area contributed by atoms with Crippen molar-refractivity contribution in [3.63, 3.8) is 0 Å². The van der Waals surface area contributed by atoms with Gasteiger partial charge in [-0.2, -0.15) is 5.26 Å². The average Bonchev–Trinajstić information content (AvgIpc) is 2.38. The minimum absolute atomic E-state index is 0.187.